The Morgan fingerprint density at radius 2 is 2.32 bits per heavy atom. The second kappa shape index (κ2) is 7.20. The molecule has 2 rings (SSSR count). The third-order valence-corrected chi connectivity index (χ3v) is 1.87. The summed E-state index contributed by atoms with van der Waals surface area (Å²) in [6, 6.07) is 1.28. The summed E-state index contributed by atoms with van der Waals surface area (Å²) >= 11 is 2.93. The van der Waals surface area contributed by atoms with Crippen molar-refractivity contribution in [2.24, 2.45) is 0 Å². The highest BCUT2D eigenvalue weighted by Gasteiger charge is 2.10. The average molecular weight is 334 g/mol. The van der Waals surface area contributed by atoms with E-state index in [0.29, 0.717) is 11.2 Å². The van der Waals surface area contributed by atoms with E-state index in [0.717, 1.165) is 0 Å². The van der Waals surface area contributed by atoms with Crippen LogP contribution in [-0.4, -0.2) is 49.4 Å². The van der Waals surface area contributed by atoms with Crippen LogP contribution >= 0.6 is 15.9 Å². The summed E-state index contributed by atoms with van der Waals surface area (Å²) < 4.78 is 9.28. The molecule has 2 N–H and O–H groups in total. The maximum Gasteiger partial charge on any atom is 0.380 e. The van der Waals surface area contributed by atoms with Gasteiger partial charge in [-0.25, -0.2) is 9.59 Å². The van der Waals surface area contributed by atoms with Gasteiger partial charge in [0, 0.05) is 6.07 Å². The number of nitrogens with one attached hydrogen (secondary N) is 1. The van der Waals surface area contributed by atoms with Crippen molar-refractivity contribution in [3.05, 3.63) is 22.3 Å². The summed E-state index contributed by atoms with van der Waals surface area (Å²) in [5.74, 6) is -1.88. The number of carbonyl (C=O) groups is 2. The van der Waals surface area contributed by atoms with E-state index >= 15 is 0 Å². The van der Waals surface area contributed by atoms with Gasteiger partial charge >= 0.3 is 11.9 Å². The number of nitrogens with zero attached hydrogens (tertiary/aromatic N) is 4. The van der Waals surface area contributed by atoms with Crippen molar-refractivity contribution in [3.8, 4) is 0 Å². The Balaban J connectivity index is 0.000000191. The number of rotatable bonds is 3. The van der Waals surface area contributed by atoms with E-state index in [1.807, 2.05) is 0 Å². The molecule has 2 aromatic rings. The van der Waals surface area contributed by atoms with Gasteiger partial charge in [0.2, 0.25) is 5.76 Å². The van der Waals surface area contributed by atoms with Crippen LogP contribution in [0.4, 0.5) is 0 Å². The Bertz CT molecular complexity index is 539. The maximum atomic E-state index is 10.7. The number of tetrazole rings is 1. The van der Waals surface area contributed by atoms with Gasteiger partial charge in [-0.05, 0) is 28.1 Å². The topological polar surface area (TPSA) is 144 Å². The zero-order valence-corrected chi connectivity index (χ0v) is 11.1. The Labute approximate surface area is 114 Å². The minimum Gasteiger partial charge on any atom is -0.475 e. The van der Waals surface area contributed by atoms with E-state index in [1.54, 1.807) is 6.92 Å². The van der Waals surface area contributed by atoms with E-state index in [2.05, 4.69) is 51.0 Å². The molecule has 2 aromatic heterocycles. The van der Waals surface area contributed by atoms with Crippen LogP contribution in [0.5, 0.6) is 0 Å². The molecule has 0 amide bonds. The Hall–Kier alpha value is -2.30. The third-order valence-electron chi connectivity index (χ3n) is 1.50. The van der Waals surface area contributed by atoms with Crippen LogP contribution in [0.3, 0.4) is 0 Å². The predicted molar refractivity (Wildman–Crippen MR) is 61.3 cm³/mol. The van der Waals surface area contributed by atoms with Gasteiger partial charge in [0.1, 0.15) is 4.60 Å². The van der Waals surface area contributed by atoms with Gasteiger partial charge in [-0.2, -0.15) is 5.21 Å². The van der Waals surface area contributed by atoms with Gasteiger partial charge < -0.3 is 14.4 Å². The summed E-state index contributed by atoms with van der Waals surface area (Å²) in [6.45, 7) is 2.02. The zero-order chi connectivity index (χ0) is 14.3. The number of hydrogen-bond donors (Lipinski definition) is 2. The summed E-state index contributed by atoms with van der Waals surface area (Å²) in [7, 11) is 0. The summed E-state index contributed by atoms with van der Waals surface area (Å²) in [5, 5.41) is 23.7. The second-order valence-corrected chi connectivity index (χ2v) is 3.59. The molecule has 0 saturated heterocycles. The van der Waals surface area contributed by atoms with Gasteiger partial charge in [-0.15, -0.1) is 10.2 Å². The Morgan fingerprint density at radius 3 is 2.68 bits per heavy atom. The molecular weight excluding hydrogens is 326 g/mol. The highest BCUT2D eigenvalue weighted by Crippen LogP contribution is 2.08. The van der Waals surface area contributed by atoms with Crippen LogP contribution in [0.25, 0.3) is 0 Å². The lowest BCUT2D eigenvalue weighted by Gasteiger charge is -1.92. The van der Waals surface area contributed by atoms with E-state index in [9.17, 15) is 9.59 Å². The number of carboxylic acids is 1. The van der Waals surface area contributed by atoms with Crippen molar-refractivity contribution in [2.75, 3.05) is 6.61 Å². The average Bonchev–Trinajstić information content (AvgIpc) is 3.00. The molecule has 0 fully saturated rings. The van der Waals surface area contributed by atoms with Crippen LogP contribution in [-0.2, 0) is 4.74 Å². The van der Waals surface area contributed by atoms with E-state index in [1.165, 1.54) is 6.07 Å². The number of H-pyrrole nitrogens is 1. The number of aromatic amines is 1. The molecule has 0 aliphatic heterocycles. The zero-order valence-electron chi connectivity index (χ0n) is 9.53. The van der Waals surface area contributed by atoms with Gasteiger partial charge in [-0.3, -0.25) is 0 Å². The number of carbonyl (C=O) groups excluding carboxylic acids is 1. The molecule has 10 nitrogen and oxygen atoms in total. The number of ether oxygens (including phenoxy) is 1. The number of aromatic carboxylic acids is 1. The number of esters is 1. The first-order valence-electron chi connectivity index (χ1n) is 4.80. The minimum absolute atomic E-state index is 0.0400. The second-order valence-electron chi connectivity index (χ2n) is 2.77. The molecule has 0 spiro atoms. The fourth-order valence-corrected chi connectivity index (χ4v) is 1.08. The largest absolute Gasteiger partial charge is 0.475 e. The summed E-state index contributed by atoms with van der Waals surface area (Å²) in [5.41, 5.74) is 0. The van der Waals surface area contributed by atoms with Crippen LogP contribution in [0.15, 0.2) is 15.2 Å². The normalized spacial score (nSPS) is 9.37. The van der Waals surface area contributed by atoms with Crippen LogP contribution in [0, 0.1) is 0 Å². The molecule has 19 heavy (non-hydrogen) atoms. The van der Waals surface area contributed by atoms with Crippen LogP contribution in [0.2, 0.25) is 0 Å². The smallest absolute Gasteiger partial charge is 0.380 e. The number of aromatic nitrogens is 5. The lowest BCUT2D eigenvalue weighted by Crippen LogP contribution is -2.06. The van der Waals surface area contributed by atoms with Crippen LogP contribution in [0.1, 0.15) is 28.1 Å². The molecule has 0 bridgehead atoms. The quantitative estimate of drug-likeness (QED) is 0.767. The van der Waals surface area contributed by atoms with Crippen molar-refractivity contribution in [1.82, 2.24) is 25.8 Å². The fraction of sp³-hybridized carbons (Fsp3) is 0.250. The molecule has 0 radical (unpaired) electrons. The van der Waals surface area contributed by atoms with Gasteiger partial charge in [0.15, 0.2) is 0 Å². The molecule has 0 aliphatic rings. The minimum atomic E-state index is -1.12. The highest BCUT2D eigenvalue weighted by atomic mass is 79.9. The molecule has 0 unspecified atom stereocenters. The van der Waals surface area contributed by atoms with Gasteiger partial charge in [0.05, 0.1) is 6.61 Å². The first kappa shape index (κ1) is 14.8. The molecule has 0 atom stereocenters. The van der Waals surface area contributed by atoms with Gasteiger partial charge in [-0.1, -0.05) is 5.16 Å². The molecule has 2 heterocycles. The first-order chi connectivity index (χ1) is 9.04. The molecule has 0 saturated carbocycles. The molecule has 0 aromatic carbocycles. The lowest BCUT2D eigenvalue weighted by molar-refractivity contribution is 0.0511. The van der Waals surface area contributed by atoms with Crippen molar-refractivity contribution in [3.63, 3.8) is 0 Å². The van der Waals surface area contributed by atoms with E-state index < -0.39 is 11.9 Å². The van der Waals surface area contributed by atoms with Gasteiger partial charge in [0.25, 0.3) is 5.82 Å². The number of halogens is 1. The van der Waals surface area contributed by atoms with E-state index in [-0.39, 0.29) is 11.6 Å². The van der Waals surface area contributed by atoms with E-state index in [4.69, 9.17) is 5.11 Å². The molecule has 0 aliphatic carbocycles. The predicted octanol–water partition coefficient (Wildman–Crippen LogP) is 0.512. The standard InChI is InChI=1S/C4H2BrNO3.C4H6N4O2/c5-3-1-2(4(7)8)9-6-3;1-2-10-4(9)3-5-7-8-6-3/h1H,(H,7,8);2H2,1H3,(H,5,6,7,8). The Kier molecular flexibility index (Phi) is 5.60. The number of hydrogen-bond acceptors (Lipinski definition) is 8. The monoisotopic (exact) mass is 333 g/mol. The maximum absolute atomic E-state index is 10.7. The summed E-state index contributed by atoms with van der Waals surface area (Å²) in [6.07, 6.45) is 0. The summed E-state index contributed by atoms with van der Waals surface area (Å²) in [4.78, 5) is 20.8. The fourth-order valence-electron chi connectivity index (χ4n) is 0.798. The van der Waals surface area contributed by atoms with Crippen molar-refractivity contribution in [2.45, 2.75) is 6.92 Å². The van der Waals surface area contributed by atoms with Crippen molar-refractivity contribution in [1.29, 1.82) is 0 Å². The highest BCUT2D eigenvalue weighted by molar-refractivity contribution is 9.10. The lowest BCUT2D eigenvalue weighted by atomic mass is 10.5. The van der Waals surface area contributed by atoms with Crippen LogP contribution < -0.4 is 0 Å². The SMILES string of the molecule is CCOC(=O)c1nn[nH]n1.O=C(O)c1cc(Br)no1. The Morgan fingerprint density at radius 1 is 1.58 bits per heavy atom. The molecular formula is C8H8BrN5O5. The molecule has 11 heteroatoms. The van der Waals surface area contributed by atoms with Crippen molar-refractivity contribution >= 4 is 27.9 Å². The molecule has 102 valence electrons. The van der Waals surface area contributed by atoms with Crippen molar-refractivity contribution < 1.29 is 24.0 Å². The first-order valence-corrected chi connectivity index (χ1v) is 5.60. The number of carboxylic acid groups (broad SMARTS) is 1. The third kappa shape index (κ3) is 4.83.